The van der Waals surface area contributed by atoms with E-state index in [1.807, 2.05) is 13.0 Å². The number of fused-ring (bicyclic) bond motifs is 1. The normalized spacial score (nSPS) is 29.5. The maximum absolute atomic E-state index is 12.7. The Hall–Kier alpha value is -1.17. The van der Waals surface area contributed by atoms with Gasteiger partial charge in [0.15, 0.2) is 11.6 Å². The average molecular weight is 490 g/mol. The number of rotatable bonds is 8. The van der Waals surface area contributed by atoms with Gasteiger partial charge in [0, 0.05) is 23.7 Å². The van der Waals surface area contributed by atoms with Crippen molar-refractivity contribution < 1.29 is 34.0 Å². The summed E-state index contributed by atoms with van der Waals surface area (Å²) in [5.74, 6) is 0. The first-order valence-corrected chi connectivity index (χ1v) is 12.6. The molecule has 2 aromatic rings. The Morgan fingerprint density at radius 3 is 2.56 bits per heavy atom. The standard InChI is InChI=1S/C20H32N3O7PS/c1-6-19(4,30-31(27,28)20(5,26)7-2)9-13-14(24)15(25)17(29-13)23-10-12-8-11(3)21-16(12)22-18(23)32/h8,10,13-15,17,24-26H,6-7,9H2,1-5H3,(H,27,28)(H,21,22,32)/t13-,14?,15+,17-,19?,20?/m1/s1. The zero-order valence-electron chi connectivity index (χ0n) is 18.8. The number of aromatic nitrogens is 3. The first-order valence-electron chi connectivity index (χ1n) is 10.6. The minimum atomic E-state index is -4.41. The van der Waals surface area contributed by atoms with Gasteiger partial charge in [0.2, 0.25) is 4.77 Å². The highest BCUT2D eigenvalue weighted by molar-refractivity contribution is 7.71. The lowest BCUT2D eigenvalue weighted by molar-refractivity contribution is -0.0707. The highest BCUT2D eigenvalue weighted by Gasteiger charge is 2.50. The van der Waals surface area contributed by atoms with Gasteiger partial charge < -0.3 is 34.5 Å². The molecule has 2 aromatic heterocycles. The second-order valence-corrected chi connectivity index (χ2v) is 11.5. The van der Waals surface area contributed by atoms with Crippen molar-refractivity contribution >= 4 is 30.8 Å². The molecule has 1 saturated heterocycles. The van der Waals surface area contributed by atoms with Crippen molar-refractivity contribution in [1.82, 2.24) is 14.5 Å². The number of H-pyrrole nitrogens is 1. The fraction of sp³-hybridized carbons (Fsp3) is 0.700. The number of aromatic amines is 1. The Morgan fingerprint density at radius 1 is 1.31 bits per heavy atom. The molecule has 0 radical (unpaired) electrons. The Bertz CT molecular complexity index is 1090. The van der Waals surface area contributed by atoms with Crippen LogP contribution in [0, 0.1) is 11.7 Å². The van der Waals surface area contributed by atoms with E-state index < -0.39 is 43.1 Å². The van der Waals surface area contributed by atoms with E-state index in [-0.39, 0.29) is 17.6 Å². The molecule has 0 aromatic carbocycles. The van der Waals surface area contributed by atoms with E-state index in [1.165, 1.54) is 11.5 Å². The predicted molar refractivity (Wildman–Crippen MR) is 121 cm³/mol. The monoisotopic (exact) mass is 489 g/mol. The Kier molecular flexibility index (Phi) is 7.07. The lowest BCUT2D eigenvalue weighted by atomic mass is 9.93. The van der Waals surface area contributed by atoms with E-state index in [2.05, 4.69) is 9.97 Å². The van der Waals surface area contributed by atoms with Crippen molar-refractivity contribution in [3.05, 3.63) is 22.7 Å². The van der Waals surface area contributed by atoms with Crippen LogP contribution in [0.1, 0.15) is 58.9 Å². The molecular weight excluding hydrogens is 457 g/mol. The molecule has 0 spiro atoms. The molecule has 4 unspecified atom stereocenters. The Labute approximate surface area is 191 Å². The fourth-order valence-corrected chi connectivity index (χ4v) is 5.37. The van der Waals surface area contributed by atoms with Crippen LogP contribution in [0.5, 0.6) is 0 Å². The highest BCUT2D eigenvalue weighted by Crippen LogP contribution is 2.59. The van der Waals surface area contributed by atoms with Crippen molar-refractivity contribution in [2.75, 3.05) is 0 Å². The van der Waals surface area contributed by atoms with Crippen molar-refractivity contribution in [3.63, 3.8) is 0 Å². The van der Waals surface area contributed by atoms with E-state index in [4.69, 9.17) is 21.5 Å². The summed E-state index contributed by atoms with van der Waals surface area (Å²) >= 11 is 5.35. The molecular formula is C20H32N3O7PS. The van der Waals surface area contributed by atoms with Crippen molar-refractivity contribution in [1.29, 1.82) is 0 Å². The lowest BCUT2D eigenvalue weighted by Crippen LogP contribution is -2.40. The largest absolute Gasteiger partial charge is 0.388 e. The van der Waals surface area contributed by atoms with Gasteiger partial charge >= 0.3 is 7.60 Å². The van der Waals surface area contributed by atoms with Crippen molar-refractivity contribution in [2.45, 2.75) is 89.4 Å². The van der Waals surface area contributed by atoms with Gasteiger partial charge in [-0.2, -0.15) is 0 Å². The van der Waals surface area contributed by atoms with E-state index in [1.54, 1.807) is 27.0 Å². The molecule has 3 rings (SSSR count). The van der Waals surface area contributed by atoms with Crippen LogP contribution in [0.4, 0.5) is 0 Å². The van der Waals surface area contributed by atoms with Crippen LogP contribution in [0.25, 0.3) is 11.0 Å². The zero-order chi connectivity index (χ0) is 24.1. The third-order valence-electron chi connectivity index (χ3n) is 6.28. The van der Waals surface area contributed by atoms with Crippen LogP contribution in [0.2, 0.25) is 0 Å². The first-order chi connectivity index (χ1) is 14.7. The van der Waals surface area contributed by atoms with E-state index >= 15 is 0 Å². The number of hydrogen-bond donors (Lipinski definition) is 5. The summed E-state index contributed by atoms with van der Waals surface area (Å²) < 4.78 is 25.9. The quantitative estimate of drug-likeness (QED) is 0.279. The van der Waals surface area contributed by atoms with Gasteiger partial charge in [-0.3, -0.25) is 9.13 Å². The highest BCUT2D eigenvalue weighted by atomic mass is 32.1. The minimum Gasteiger partial charge on any atom is -0.388 e. The molecule has 0 saturated carbocycles. The van der Waals surface area contributed by atoms with Gasteiger partial charge in [-0.25, -0.2) is 4.98 Å². The lowest BCUT2D eigenvalue weighted by Gasteiger charge is -2.37. The van der Waals surface area contributed by atoms with E-state index in [0.717, 1.165) is 11.1 Å². The molecule has 1 aliphatic heterocycles. The number of nitrogens with zero attached hydrogens (tertiary/aromatic N) is 2. The number of aryl methyl sites for hydroxylation is 1. The third kappa shape index (κ3) is 4.71. The molecule has 0 amide bonds. The molecule has 10 nitrogen and oxygen atoms in total. The van der Waals surface area contributed by atoms with Crippen LogP contribution >= 0.6 is 19.8 Å². The number of nitrogens with one attached hydrogen (secondary N) is 1. The Morgan fingerprint density at radius 2 is 1.97 bits per heavy atom. The van der Waals surface area contributed by atoms with Gasteiger partial charge in [0.25, 0.3) is 0 Å². The number of aliphatic hydroxyl groups excluding tert-OH is 2. The van der Waals surface area contributed by atoms with Crippen LogP contribution < -0.4 is 0 Å². The topological polar surface area (TPSA) is 150 Å². The van der Waals surface area contributed by atoms with E-state index in [0.29, 0.717) is 12.1 Å². The summed E-state index contributed by atoms with van der Waals surface area (Å²) in [6, 6.07) is 1.88. The fourth-order valence-electron chi connectivity index (χ4n) is 3.72. The van der Waals surface area contributed by atoms with Crippen LogP contribution in [0.15, 0.2) is 12.3 Å². The summed E-state index contributed by atoms with van der Waals surface area (Å²) in [6.07, 6.45) is -2.44. The molecule has 7 atom stereocenters. The second-order valence-electron chi connectivity index (χ2n) is 8.92. The molecule has 5 N–H and O–H groups in total. The summed E-state index contributed by atoms with van der Waals surface area (Å²) in [6.45, 7) is 8.09. The second kappa shape index (κ2) is 8.88. The van der Waals surface area contributed by atoms with Gasteiger partial charge in [-0.1, -0.05) is 13.8 Å². The molecule has 12 heteroatoms. The molecule has 0 bridgehead atoms. The molecule has 32 heavy (non-hydrogen) atoms. The maximum Gasteiger partial charge on any atom is 0.359 e. The minimum absolute atomic E-state index is 0.00876. The van der Waals surface area contributed by atoms with Crippen LogP contribution in [0.3, 0.4) is 0 Å². The third-order valence-corrected chi connectivity index (χ3v) is 8.81. The SMILES string of the molecule is CCC(C)(C[C@H]1O[C@@H](n2cc3cc(C)[nH]c3nc2=S)[C@@H](O)C1O)OP(=O)(O)C(C)(O)CC. The van der Waals surface area contributed by atoms with Gasteiger partial charge in [0.05, 0.1) is 11.7 Å². The number of aliphatic hydroxyl groups is 3. The molecule has 1 fully saturated rings. The summed E-state index contributed by atoms with van der Waals surface area (Å²) in [7, 11) is -4.41. The van der Waals surface area contributed by atoms with Crippen LogP contribution in [-0.4, -0.2) is 64.0 Å². The maximum atomic E-state index is 12.7. The molecule has 180 valence electrons. The summed E-state index contributed by atoms with van der Waals surface area (Å²) in [5.41, 5.74) is 0.310. The first kappa shape index (κ1) is 25.5. The van der Waals surface area contributed by atoms with E-state index in [9.17, 15) is 24.8 Å². The molecule has 1 aliphatic rings. The smallest absolute Gasteiger partial charge is 0.359 e. The predicted octanol–water partition coefficient (Wildman–Crippen LogP) is 2.90. The molecule has 0 aliphatic carbocycles. The Balaban J connectivity index is 1.85. The van der Waals surface area contributed by atoms with Gasteiger partial charge in [0.1, 0.15) is 17.9 Å². The van der Waals surface area contributed by atoms with Gasteiger partial charge in [-0.05, 0) is 51.9 Å². The molecule has 3 heterocycles. The average Bonchev–Trinajstić information content (AvgIpc) is 3.19. The number of ether oxygens (including phenoxy) is 1. The summed E-state index contributed by atoms with van der Waals surface area (Å²) in [5, 5.41) is 30.5. The van der Waals surface area contributed by atoms with Crippen molar-refractivity contribution in [3.8, 4) is 0 Å². The summed E-state index contributed by atoms with van der Waals surface area (Å²) in [4.78, 5) is 17.8. The van der Waals surface area contributed by atoms with Gasteiger partial charge in [-0.15, -0.1) is 0 Å². The number of hydrogen-bond acceptors (Lipinski definition) is 8. The van der Waals surface area contributed by atoms with Crippen LogP contribution in [-0.2, 0) is 13.8 Å². The van der Waals surface area contributed by atoms with Crippen molar-refractivity contribution in [2.24, 2.45) is 0 Å². The zero-order valence-corrected chi connectivity index (χ0v) is 20.6.